The summed E-state index contributed by atoms with van der Waals surface area (Å²) in [6, 6.07) is 3.81. The van der Waals surface area contributed by atoms with Crippen LogP contribution in [0.2, 0.25) is 0 Å². The van der Waals surface area contributed by atoms with Crippen LogP contribution in [0.3, 0.4) is 0 Å². The zero-order valence-electron chi connectivity index (χ0n) is 17.4. The van der Waals surface area contributed by atoms with Gasteiger partial charge >= 0.3 is 12.6 Å². The van der Waals surface area contributed by atoms with Gasteiger partial charge in [0, 0.05) is 15.7 Å². The number of hydrogen-bond donors (Lipinski definition) is 1. The van der Waals surface area contributed by atoms with Crippen LogP contribution in [0.15, 0.2) is 40.3 Å². The number of carbonyl (C=O) groups excluding carboxylic acids is 1. The third-order valence-corrected chi connectivity index (χ3v) is 5.47. The Morgan fingerprint density at radius 1 is 1.29 bits per heavy atom. The Bertz CT molecular complexity index is 948. The van der Waals surface area contributed by atoms with E-state index in [2.05, 4.69) is 38.3 Å². The molecular weight excluding hydrogens is 474 g/mol. The first-order valence-electron chi connectivity index (χ1n) is 10.2. The molecule has 10 heteroatoms. The second-order valence-electron chi connectivity index (χ2n) is 7.21. The number of ether oxygens (including phenoxy) is 2. The van der Waals surface area contributed by atoms with Crippen LogP contribution in [-0.2, 0) is 9.53 Å². The molecule has 0 saturated carbocycles. The summed E-state index contributed by atoms with van der Waals surface area (Å²) in [5.74, 6) is -0.194. The highest BCUT2D eigenvalue weighted by Gasteiger charge is 2.36. The summed E-state index contributed by atoms with van der Waals surface area (Å²) < 4.78 is 38.5. The van der Waals surface area contributed by atoms with Crippen molar-refractivity contribution < 1.29 is 23.0 Å². The minimum absolute atomic E-state index is 0.0517. The summed E-state index contributed by atoms with van der Waals surface area (Å²) in [5.41, 5.74) is 1.13. The van der Waals surface area contributed by atoms with E-state index in [4.69, 9.17) is 9.47 Å². The first-order chi connectivity index (χ1) is 14.9. The molecule has 1 N–H and O–H groups in total. The normalized spacial score (nSPS) is 15.6. The van der Waals surface area contributed by atoms with Crippen LogP contribution in [0.25, 0.3) is 0 Å². The Morgan fingerprint density at radius 3 is 2.81 bits per heavy atom. The van der Waals surface area contributed by atoms with Gasteiger partial charge in [0.15, 0.2) is 0 Å². The lowest BCUT2D eigenvalue weighted by molar-refractivity contribution is -0.139. The van der Waals surface area contributed by atoms with Crippen LogP contribution in [0.4, 0.5) is 14.7 Å². The topological polar surface area (TPSA) is 78.3 Å². The fourth-order valence-corrected chi connectivity index (χ4v) is 3.91. The monoisotopic (exact) mass is 498 g/mol. The number of rotatable bonds is 10. The molecule has 2 heterocycles. The van der Waals surface area contributed by atoms with Gasteiger partial charge in [-0.3, -0.25) is 0 Å². The number of aromatic nitrogens is 3. The van der Waals surface area contributed by atoms with E-state index in [9.17, 15) is 13.6 Å². The summed E-state index contributed by atoms with van der Waals surface area (Å²) in [7, 11) is 0. The molecule has 7 nitrogen and oxygen atoms in total. The summed E-state index contributed by atoms with van der Waals surface area (Å²) in [6.07, 6.45) is 6.45. The van der Waals surface area contributed by atoms with Crippen molar-refractivity contribution in [2.75, 3.05) is 11.9 Å². The highest BCUT2D eigenvalue weighted by Crippen LogP contribution is 2.40. The molecule has 0 fully saturated rings. The van der Waals surface area contributed by atoms with Crippen LogP contribution in [0, 0.1) is 0 Å². The quantitative estimate of drug-likeness (QED) is 0.346. The zero-order valence-corrected chi connectivity index (χ0v) is 19.0. The van der Waals surface area contributed by atoms with Crippen molar-refractivity contribution in [3.8, 4) is 5.75 Å². The number of alkyl halides is 2. The van der Waals surface area contributed by atoms with Crippen molar-refractivity contribution in [1.82, 2.24) is 14.8 Å². The summed E-state index contributed by atoms with van der Waals surface area (Å²) >= 11 is 3.37. The molecule has 1 atom stereocenters. The maximum Gasteiger partial charge on any atom is 0.387 e. The minimum atomic E-state index is -3.01. The zero-order chi connectivity index (χ0) is 22.4. The Hall–Kier alpha value is -2.49. The molecule has 1 aromatic carbocycles. The summed E-state index contributed by atoms with van der Waals surface area (Å²) in [5, 5.41) is 7.24. The van der Waals surface area contributed by atoms with Crippen molar-refractivity contribution in [2.24, 2.45) is 0 Å². The maximum absolute atomic E-state index is 13.0. The van der Waals surface area contributed by atoms with Gasteiger partial charge < -0.3 is 14.8 Å². The number of hydrogen-bond acceptors (Lipinski definition) is 6. The molecule has 1 aliphatic heterocycles. The minimum Gasteiger partial charge on any atom is -0.462 e. The number of anilines is 1. The molecule has 1 aliphatic rings. The molecule has 0 spiro atoms. The molecule has 0 saturated heterocycles. The molecular formula is C21H25BrF2N4O3. The van der Waals surface area contributed by atoms with E-state index in [0.717, 1.165) is 32.1 Å². The molecule has 0 bridgehead atoms. The highest BCUT2D eigenvalue weighted by molar-refractivity contribution is 9.10. The fraction of sp³-hybridized carbons (Fsp3) is 0.476. The molecule has 1 aromatic heterocycles. The van der Waals surface area contributed by atoms with Crippen LogP contribution in [0.5, 0.6) is 5.75 Å². The molecule has 0 amide bonds. The van der Waals surface area contributed by atoms with E-state index in [1.54, 1.807) is 19.1 Å². The largest absolute Gasteiger partial charge is 0.462 e. The number of carbonyl (C=O) groups is 1. The molecule has 0 aliphatic carbocycles. The lowest BCUT2D eigenvalue weighted by atomic mass is 9.95. The number of esters is 1. The van der Waals surface area contributed by atoms with E-state index in [1.165, 1.54) is 17.1 Å². The predicted molar refractivity (Wildman–Crippen MR) is 115 cm³/mol. The Kier molecular flexibility index (Phi) is 8.00. The van der Waals surface area contributed by atoms with Crippen LogP contribution in [-0.4, -0.2) is 34.0 Å². The smallest absolute Gasteiger partial charge is 0.387 e. The first kappa shape index (κ1) is 23.2. The molecule has 0 unspecified atom stereocenters. The predicted octanol–water partition coefficient (Wildman–Crippen LogP) is 5.44. The standard InChI is InChI=1S/C21H25BrF2N4O3/c1-3-4-5-6-7-10-30-19(29)17-13(2)27-21-25-12-26-28(21)18(17)15-11-14(22)8-9-16(15)31-20(23)24/h8-9,11-12,18,20H,3-7,10H2,1-2H3,(H,25,26,27)/t18-/m1/s1. The molecule has 168 valence electrons. The van der Waals surface area contributed by atoms with Gasteiger partial charge in [-0.1, -0.05) is 48.5 Å². The van der Waals surface area contributed by atoms with E-state index in [-0.39, 0.29) is 17.9 Å². The molecule has 2 aromatic rings. The van der Waals surface area contributed by atoms with Gasteiger partial charge in [-0.15, -0.1) is 0 Å². The van der Waals surface area contributed by atoms with Crippen LogP contribution in [0.1, 0.15) is 57.6 Å². The Labute approximate surface area is 188 Å². The Morgan fingerprint density at radius 2 is 2.06 bits per heavy atom. The number of halogens is 3. The van der Waals surface area contributed by atoms with Gasteiger partial charge in [-0.25, -0.2) is 9.48 Å². The number of nitrogens with one attached hydrogen (secondary N) is 1. The summed E-state index contributed by atoms with van der Waals surface area (Å²) in [4.78, 5) is 17.2. The molecule has 31 heavy (non-hydrogen) atoms. The van der Waals surface area contributed by atoms with Crippen molar-refractivity contribution >= 4 is 27.8 Å². The average molecular weight is 499 g/mol. The van der Waals surface area contributed by atoms with Crippen molar-refractivity contribution in [3.05, 3.63) is 45.8 Å². The maximum atomic E-state index is 13.0. The van der Waals surface area contributed by atoms with Crippen molar-refractivity contribution in [1.29, 1.82) is 0 Å². The van der Waals surface area contributed by atoms with Gasteiger partial charge in [-0.05, 0) is 31.5 Å². The van der Waals surface area contributed by atoms with E-state index >= 15 is 0 Å². The highest BCUT2D eigenvalue weighted by atomic mass is 79.9. The average Bonchev–Trinajstić information content (AvgIpc) is 3.18. The third kappa shape index (κ3) is 5.61. The number of nitrogens with zero attached hydrogens (tertiary/aromatic N) is 3. The second kappa shape index (κ2) is 10.7. The number of unbranched alkanes of at least 4 members (excludes halogenated alkanes) is 4. The van der Waals surface area contributed by atoms with Gasteiger partial charge in [0.1, 0.15) is 18.1 Å². The van der Waals surface area contributed by atoms with Gasteiger partial charge in [0.25, 0.3) is 0 Å². The van der Waals surface area contributed by atoms with Gasteiger partial charge in [0.05, 0.1) is 12.2 Å². The second-order valence-corrected chi connectivity index (χ2v) is 8.12. The van der Waals surface area contributed by atoms with E-state index < -0.39 is 18.6 Å². The lowest BCUT2D eigenvalue weighted by Gasteiger charge is -2.29. The number of fused-ring (bicyclic) bond motifs is 1. The molecule has 3 rings (SSSR count). The van der Waals surface area contributed by atoms with Gasteiger partial charge in [-0.2, -0.15) is 18.9 Å². The van der Waals surface area contributed by atoms with Crippen LogP contribution < -0.4 is 10.1 Å². The fourth-order valence-electron chi connectivity index (χ4n) is 3.53. The van der Waals surface area contributed by atoms with E-state index in [0.29, 0.717) is 21.7 Å². The van der Waals surface area contributed by atoms with Crippen molar-refractivity contribution in [2.45, 2.75) is 58.6 Å². The van der Waals surface area contributed by atoms with E-state index in [1.807, 2.05) is 0 Å². The van der Waals surface area contributed by atoms with Gasteiger partial charge in [0.2, 0.25) is 5.95 Å². The first-order valence-corrected chi connectivity index (χ1v) is 11.0. The SMILES string of the molecule is CCCCCCCOC(=O)C1=C(C)Nc2ncnn2[C@@H]1c1cc(Br)ccc1OC(F)F. The third-order valence-electron chi connectivity index (χ3n) is 4.98. The number of allylic oxidation sites excluding steroid dienone is 1. The lowest BCUT2D eigenvalue weighted by Crippen LogP contribution is -2.30. The summed E-state index contributed by atoms with van der Waals surface area (Å²) in [6.45, 7) is 1.13. The molecule has 0 radical (unpaired) electrons. The number of benzene rings is 1. The Balaban J connectivity index is 1.91. The van der Waals surface area contributed by atoms with Crippen LogP contribution >= 0.6 is 15.9 Å². The van der Waals surface area contributed by atoms with Crippen molar-refractivity contribution in [3.63, 3.8) is 0 Å².